The van der Waals surface area contributed by atoms with E-state index in [1.54, 1.807) is 0 Å². The second-order valence-electron chi connectivity index (χ2n) is 5.75. The summed E-state index contributed by atoms with van der Waals surface area (Å²) in [4.78, 5) is 16.7. The Hall–Kier alpha value is -1.88. The van der Waals surface area contributed by atoms with Crippen molar-refractivity contribution >= 4 is 17.0 Å². The molecule has 1 unspecified atom stereocenters. The molecular formula is C16H20N2O3. The molecule has 3 rings (SSSR count). The summed E-state index contributed by atoms with van der Waals surface area (Å²) < 4.78 is 11.3. The van der Waals surface area contributed by atoms with E-state index >= 15 is 0 Å². The molecule has 2 aromatic rings. The molecule has 1 aromatic heterocycles. The smallest absolute Gasteiger partial charge is 0.252 e. The fourth-order valence-corrected chi connectivity index (χ4v) is 2.66. The van der Waals surface area contributed by atoms with Gasteiger partial charge in [0.2, 0.25) is 5.89 Å². The van der Waals surface area contributed by atoms with E-state index in [9.17, 15) is 4.79 Å². The third-order valence-electron chi connectivity index (χ3n) is 4.01. The number of nitrogens with zero attached hydrogens (tertiary/aromatic N) is 1. The van der Waals surface area contributed by atoms with Gasteiger partial charge >= 0.3 is 0 Å². The minimum absolute atomic E-state index is 0.0961. The van der Waals surface area contributed by atoms with Crippen LogP contribution in [-0.4, -0.2) is 23.1 Å². The fourth-order valence-electron chi connectivity index (χ4n) is 2.66. The predicted octanol–water partition coefficient (Wildman–Crippen LogP) is 2.71. The molecule has 0 aliphatic carbocycles. The predicted molar refractivity (Wildman–Crippen MR) is 78.8 cm³/mol. The van der Waals surface area contributed by atoms with Crippen molar-refractivity contribution in [3.8, 4) is 0 Å². The molecule has 2 heterocycles. The molecule has 1 N–H and O–H groups in total. The quantitative estimate of drug-likeness (QED) is 0.943. The number of carbonyl (C=O) groups is 1. The molecule has 112 valence electrons. The number of para-hydroxylation sites is 1. The van der Waals surface area contributed by atoms with Crippen LogP contribution in [0.15, 0.2) is 22.6 Å². The maximum atomic E-state index is 12.3. The topological polar surface area (TPSA) is 64.4 Å². The Morgan fingerprint density at radius 2 is 2.29 bits per heavy atom. The summed E-state index contributed by atoms with van der Waals surface area (Å²) >= 11 is 0. The number of hydrogen-bond donors (Lipinski definition) is 1. The lowest BCUT2D eigenvalue weighted by Crippen LogP contribution is -2.48. The van der Waals surface area contributed by atoms with Gasteiger partial charge in [-0.25, -0.2) is 4.98 Å². The van der Waals surface area contributed by atoms with E-state index in [-0.39, 0.29) is 12.5 Å². The molecule has 1 fully saturated rings. The van der Waals surface area contributed by atoms with Gasteiger partial charge in [-0.2, -0.15) is 0 Å². The highest BCUT2D eigenvalue weighted by molar-refractivity contribution is 5.84. The van der Waals surface area contributed by atoms with Gasteiger partial charge in [0.15, 0.2) is 5.58 Å². The number of oxazole rings is 1. The van der Waals surface area contributed by atoms with Crippen LogP contribution in [0.1, 0.15) is 37.6 Å². The van der Waals surface area contributed by atoms with Gasteiger partial charge in [0, 0.05) is 6.61 Å². The number of rotatable bonds is 3. The SMILES string of the molecule is Cc1cccc2oc(CNC(=O)C3(C)CCCCO3)nc12. The molecule has 0 radical (unpaired) electrons. The Kier molecular flexibility index (Phi) is 3.68. The van der Waals surface area contributed by atoms with Gasteiger partial charge in [0.05, 0.1) is 6.54 Å². The maximum Gasteiger partial charge on any atom is 0.252 e. The first-order valence-corrected chi connectivity index (χ1v) is 7.36. The van der Waals surface area contributed by atoms with Crippen molar-refractivity contribution in [1.29, 1.82) is 0 Å². The first kappa shape index (κ1) is 14.1. The number of fused-ring (bicyclic) bond motifs is 1. The third kappa shape index (κ3) is 2.78. The summed E-state index contributed by atoms with van der Waals surface area (Å²) in [6.07, 6.45) is 2.80. The van der Waals surface area contributed by atoms with E-state index in [0.29, 0.717) is 12.5 Å². The molecule has 0 spiro atoms. The Balaban J connectivity index is 1.68. The maximum absolute atomic E-state index is 12.3. The van der Waals surface area contributed by atoms with Crippen molar-refractivity contribution < 1.29 is 13.9 Å². The second kappa shape index (κ2) is 5.48. The van der Waals surface area contributed by atoms with E-state index in [1.165, 1.54) is 0 Å². The summed E-state index contributed by atoms with van der Waals surface area (Å²) in [5, 5.41) is 2.87. The zero-order valence-electron chi connectivity index (χ0n) is 12.4. The number of amides is 1. The first-order chi connectivity index (χ1) is 10.1. The Morgan fingerprint density at radius 3 is 3.00 bits per heavy atom. The van der Waals surface area contributed by atoms with Gasteiger partial charge in [-0.05, 0) is 44.7 Å². The van der Waals surface area contributed by atoms with Crippen LogP contribution in [0, 0.1) is 6.92 Å². The number of carbonyl (C=O) groups excluding carboxylic acids is 1. The van der Waals surface area contributed by atoms with Crippen LogP contribution in [0.25, 0.3) is 11.1 Å². The van der Waals surface area contributed by atoms with Gasteiger partial charge < -0.3 is 14.5 Å². The molecule has 1 atom stereocenters. The first-order valence-electron chi connectivity index (χ1n) is 7.36. The average Bonchev–Trinajstić information content (AvgIpc) is 2.90. The van der Waals surface area contributed by atoms with Crippen LogP contribution < -0.4 is 5.32 Å². The minimum atomic E-state index is -0.722. The summed E-state index contributed by atoms with van der Waals surface area (Å²) in [6, 6.07) is 5.80. The number of nitrogens with one attached hydrogen (secondary N) is 1. The third-order valence-corrected chi connectivity index (χ3v) is 4.01. The molecule has 0 bridgehead atoms. The highest BCUT2D eigenvalue weighted by Gasteiger charge is 2.35. The van der Waals surface area contributed by atoms with Crippen molar-refractivity contribution in [2.24, 2.45) is 0 Å². The van der Waals surface area contributed by atoms with Crippen LogP contribution in [-0.2, 0) is 16.1 Å². The van der Waals surface area contributed by atoms with E-state index in [2.05, 4.69) is 10.3 Å². The Morgan fingerprint density at radius 1 is 1.43 bits per heavy atom. The van der Waals surface area contributed by atoms with Crippen molar-refractivity contribution in [2.75, 3.05) is 6.61 Å². The number of aryl methyl sites for hydroxylation is 1. The Bertz CT molecular complexity index is 657. The number of benzene rings is 1. The molecule has 0 saturated carbocycles. The lowest BCUT2D eigenvalue weighted by Gasteiger charge is -2.32. The van der Waals surface area contributed by atoms with E-state index < -0.39 is 5.60 Å². The lowest BCUT2D eigenvalue weighted by molar-refractivity contribution is -0.150. The molecule has 1 aliphatic heterocycles. The van der Waals surface area contributed by atoms with Crippen molar-refractivity contribution in [2.45, 2.75) is 45.3 Å². The minimum Gasteiger partial charge on any atom is -0.439 e. The van der Waals surface area contributed by atoms with Gasteiger partial charge in [0.1, 0.15) is 11.1 Å². The monoisotopic (exact) mass is 288 g/mol. The van der Waals surface area contributed by atoms with Gasteiger partial charge in [-0.1, -0.05) is 12.1 Å². The molecule has 5 heteroatoms. The number of hydrogen-bond acceptors (Lipinski definition) is 4. The average molecular weight is 288 g/mol. The molecule has 1 saturated heterocycles. The van der Waals surface area contributed by atoms with Gasteiger partial charge in [0.25, 0.3) is 5.91 Å². The summed E-state index contributed by atoms with van der Waals surface area (Å²) in [6.45, 7) is 4.76. The summed E-state index contributed by atoms with van der Waals surface area (Å²) in [7, 11) is 0. The number of ether oxygens (including phenoxy) is 1. The highest BCUT2D eigenvalue weighted by atomic mass is 16.5. The standard InChI is InChI=1S/C16H20N2O3/c1-11-6-5-7-12-14(11)18-13(21-12)10-17-15(19)16(2)8-3-4-9-20-16/h5-7H,3-4,8-10H2,1-2H3,(H,17,19). The van der Waals surface area contributed by atoms with Crippen molar-refractivity contribution in [1.82, 2.24) is 10.3 Å². The van der Waals surface area contributed by atoms with Crippen LogP contribution in [0.3, 0.4) is 0 Å². The normalized spacial score (nSPS) is 22.4. The van der Waals surface area contributed by atoms with Crippen LogP contribution in [0.4, 0.5) is 0 Å². The Labute approximate surface area is 123 Å². The molecule has 1 aliphatic rings. The van der Waals surface area contributed by atoms with Gasteiger partial charge in [-0.15, -0.1) is 0 Å². The number of aromatic nitrogens is 1. The van der Waals surface area contributed by atoms with Gasteiger partial charge in [-0.3, -0.25) is 4.79 Å². The van der Waals surface area contributed by atoms with Crippen molar-refractivity contribution in [3.05, 3.63) is 29.7 Å². The summed E-state index contributed by atoms with van der Waals surface area (Å²) in [5.74, 6) is 0.424. The van der Waals surface area contributed by atoms with Crippen molar-refractivity contribution in [3.63, 3.8) is 0 Å². The van der Waals surface area contributed by atoms with Crippen LogP contribution in [0.5, 0.6) is 0 Å². The molecule has 1 aromatic carbocycles. The van der Waals surface area contributed by atoms with E-state index in [0.717, 1.165) is 35.9 Å². The zero-order chi connectivity index (χ0) is 14.9. The zero-order valence-corrected chi connectivity index (χ0v) is 12.4. The molecule has 21 heavy (non-hydrogen) atoms. The molecule has 5 nitrogen and oxygen atoms in total. The largest absolute Gasteiger partial charge is 0.439 e. The highest BCUT2D eigenvalue weighted by Crippen LogP contribution is 2.25. The van der Waals surface area contributed by atoms with E-state index in [4.69, 9.17) is 9.15 Å². The fraction of sp³-hybridized carbons (Fsp3) is 0.500. The lowest BCUT2D eigenvalue weighted by atomic mass is 9.95. The van der Waals surface area contributed by atoms with Crippen LogP contribution >= 0.6 is 0 Å². The van der Waals surface area contributed by atoms with E-state index in [1.807, 2.05) is 32.0 Å². The summed E-state index contributed by atoms with van der Waals surface area (Å²) in [5.41, 5.74) is 1.94. The molecular weight excluding hydrogens is 268 g/mol. The molecule has 1 amide bonds. The van der Waals surface area contributed by atoms with Crippen LogP contribution in [0.2, 0.25) is 0 Å². The second-order valence-corrected chi connectivity index (χ2v) is 5.75.